The molecule has 2 saturated heterocycles. The van der Waals surface area contributed by atoms with Crippen molar-refractivity contribution in [1.82, 2.24) is 39.7 Å². The second-order valence-corrected chi connectivity index (χ2v) is 17.0. The molecule has 58 heavy (non-hydrogen) atoms. The van der Waals surface area contributed by atoms with Crippen molar-refractivity contribution in [2.24, 2.45) is 11.8 Å². The van der Waals surface area contributed by atoms with Gasteiger partial charge < -0.3 is 34.8 Å². The number of likely N-dealkylation sites (tertiary alicyclic amines) is 2. The highest BCUT2D eigenvalue weighted by Crippen LogP contribution is 2.36. The SMILES string of the molecule is CC(C)C(Nc1nccs1)C(=O)N1CCCC1c1ncc(-c2ccc3cc(-c4ccc5nc(C6CCCN6C(=O)C(Nc6ncco6)C(C)C)[nH]c5c4)ccc3c2)[nH]1. The molecule has 0 bridgehead atoms. The summed E-state index contributed by atoms with van der Waals surface area (Å²) < 4.78 is 5.39. The second kappa shape index (κ2) is 15.7. The average molecular weight is 797 g/mol. The summed E-state index contributed by atoms with van der Waals surface area (Å²) in [6.07, 6.45) is 10.3. The van der Waals surface area contributed by atoms with Crippen LogP contribution >= 0.6 is 11.3 Å². The highest BCUT2D eigenvalue weighted by molar-refractivity contribution is 7.13. The van der Waals surface area contributed by atoms with Gasteiger partial charge in [-0.1, -0.05) is 58.0 Å². The number of imidazole rings is 2. The van der Waals surface area contributed by atoms with Crippen LogP contribution in [-0.2, 0) is 9.59 Å². The molecule has 2 fully saturated rings. The van der Waals surface area contributed by atoms with Gasteiger partial charge in [-0.25, -0.2) is 19.9 Å². The number of fused-ring (bicyclic) bond motifs is 2. The standard InChI is InChI=1S/C44H48N10O3S/c1-25(2)37(51-43-45-15-19-57-43)41(55)54-18-6-8-36(54)40-48-32-14-13-30(23-33(32)49-40)28-9-10-29-22-31(12-11-27(29)21-28)34-24-47-39(50-34)35-7-5-17-53(35)42(56)38(26(3)4)52-44-46-16-20-58-44/h9-16,19-26,35-38H,5-8,17-18H2,1-4H3,(H,45,51)(H,46,52)(H,47,50)(H,48,49). The predicted octanol–water partition coefficient (Wildman–Crippen LogP) is 8.82. The fourth-order valence-electron chi connectivity index (χ4n) is 8.48. The van der Waals surface area contributed by atoms with Gasteiger partial charge in [-0.3, -0.25) is 9.59 Å². The first kappa shape index (κ1) is 37.6. The molecule has 0 radical (unpaired) electrons. The van der Waals surface area contributed by atoms with E-state index in [-0.39, 0.29) is 41.8 Å². The lowest BCUT2D eigenvalue weighted by Crippen LogP contribution is -2.45. The quantitative estimate of drug-likeness (QED) is 0.0947. The van der Waals surface area contributed by atoms with Gasteiger partial charge in [0.1, 0.15) is 30.0 Å². The molecule has 4 N–H and O–H groups in total. The lowest BCUT2D eigenvalue weighted by atomic mass is 9.99. The van der Waals surface area contributed by atoms with Crippen LogP contribution in [0.3, 0.4) is 0 Å². The van der Waals surface area contributed by atoms with Crippen LogP contribution in [0.2, 0.25) is 0 Å². The van der Waals surface area contributed by atoms with Crippen LogP contribution in [0.4, 0.5) is 11.1 Å². The number of hydrogen-bond donors (Lipinski definition) is 4. The summed E-state index contributed by atoms with van der Waals surface area (Å²) in [5.41, 5.74) is 5.96. The van der Waals surface area contributed by atoms with Crippen molar-refractivity contribution in [3.63, 3.8) is 0 Å². The van der Waals surface area contributed by atoms with E-state index in [1.807, 2.05) is 35.2 Å². The molecule has 0 saturated carbocycles. The van der Waals surface area contributed by atoms with Crippen molar-refractivity contribution in [2.45, 2.75) is 77.5 Å². The number of aromatic amines is 2. The predicted molar refractivity (Wildman–Crippen MR) is 227 cm³/mol. The molecular formula is C44H48N10O3S. The number of oxazole rings is 1. The number of benzene rings is 3. The van der Waals surface area contributed by atoms with Gasteiger partial charge in [0, 0.05) is 30.2 Å². The van der Waals surface area contributed by atoms with Gasteiger partial charge in [-0.2, -0.15) is 0 Å². The van der Waals surface area contributed by atoms with E-state index >= 15 is 0 Å². The fourth-order valence-corrected chi connectivity index (χ4v) is 9.05. The van der Waals surface area contributed by atoms with Gasteiger partial charge in [0.05, 0.1) is 41.2 Å². The largest absolute Gasteiger partial charge is 0.432 e. The van der Waals surface area contributed by atoms with Gasteiger partial charge in [-0.15, -0.1) is 11.3 Å². The minimum absolute atomic E-state index is 0.0211. The number of hydrogen-bond acceptors (Lipinski definition) is 10. The van der Waals surface area contributed by atoms with E-state index in [9.17, 15) is 9.59 Å². The number of nitrogens with zero attached hydrogens (tertiary/aromatic N) is 6. The van der Waals surface area contributed by atoms with Crippen LogP contribution in [0.5, 0.6) is 0 Å². The topological polar surface area (TPSA) is 161 Å². The number of nitrogens with one attached hydrogen (secondary N) is 4. The molecule has 4 unspecified atom stereocenters. The van der Waals surface area contributed by atoms with Crippen molar-refractivity contribution in [2.75, 3.05) is 23.7 Å². The van der Waals surface area contributed by atoms with Gasteiger partial charge >= 0.3 is 0 Å². The lowest BCUT2D eigenvalue weighted by Gasteiger charge is -2.30. The zero-order valence-corrected chi connectivity index (χ0v) is 33.9. The first-order chi connectivity index (χ1) is 28.2. The van der Waals surface area contributed by atoms with E-state index < -0.39 is 6.04 Å². The summed E-state index contributed by atoms with van der Waals surface area (Å²) in [6, 6.07) is 18.6. The number of carbonyl (C=O) groups is 2. The van der Waals surface area contributed by atoms with E-state index in [1.54, 1.807) is 12.4 Å². The first-order valence-electron chi connectivity index (χ1n) is 20.2. The molecule has 14 heteroatoms. The van der Waals surface area contributed by atoms with Crippen molar-refractivity contribution in [3.05, 3.63) is 96.5 Å². The molecule has 9 rings (SSSR count). The minimum Gasteiger partial charge on any atom is -0.432 e. The van der Waals surface area contributed by atoms with E-state index in [0.29, 0.717) is 19.1 Å². The molecule has 0 spiro atoms. The van der Waals surface area contributed by atoms with Crippen LogP contribution in [0.1, 0.15) is 77.1 Å². The summed E-state index contributed by atoms with van der Waals surface area (Å²) >= 11 is 1.50. The third-order valence-electron chi connectivity index (χ3n) is 11.6. The number of anilines is 2. The zero-order chi connectivity index (χ0) is 39.9. The molecule has 4 aromatic heterocycles. The van der Waals surface area contributed by atoms with Gasteiger partial charge in [0.15, 0.2) is 5.13 Å². The van der Waals surface area contributed by atoms with E-state index in [4.69, 9.17) is 14.4 Å². The van der Waals surface area contributed by atoms with E-state index in [1.165, 1.54) is 17.6 Å². The van der Waals surface area contributed by atoms with Crippen molar-refractivity contribution in [3.8, 4) is 22.4 Å². The Morgan fingerprint density at radius 2 is 1.41 bits per heavy atom. The van der Waals surface area contributed by atoms with Gasteiger partial charge in [0.25, 0.3) is 6.01 Å². The maximum atomic E-state index is 13.9. The van der Waals surface area contributed by atoms with Gasteiger partial charge in [0.2, 0.25) is 11.8 Å². The monoisotopic (exact) mass is 796 g/mol. The number of amides is 2. The maximum absolute atomic E-state index is 13.9. The second-order valence-electron chi connectivity index (χ2n) is 16.1. The molecule has 0 aliphatic carbocycles. The van der Waals surface area contributed by atoms with Crippen LogP contribution in [0.15, 0.2) is 89.2 Å². The Morgan fingerprint density at radius 1 is 0.759 bits per heavy atom. The Bertz CT molecular complexity index is 2540. The summed E-state index contributed by atoms with van der Waals surface area (Å²) in [5, 5.41) is 11.5. The van der Waals surface area contributed by atoms with Crippen LogP contribution in [-0.4, -0.2) is 76.7 Å². The molecule has 13 nitrogen and oxygen atoms in total. The van der Waals surface area contributed by atoms with Crippen LogP contribution in [0, 0.1) is 11.8 Å². The Labute approximate surface area is 340 Å². The molecule has 2 aliphatic heterocycles. The highest BCUT2D eigenvalue weighted by Gasteiger charge is 2.38. The van der Waals surface area contributed by atoms with E-state index in [2.05, 4.69) is 99.0 Å². The number of carbonyl (C=O) groups excluding carboxylic acids is 2. The third kappa shape index (κ3) is 7.32. The van der Waals surface area contributed by atoms with E-state index in [0.717, 1.165) is 86.7 Å². The minimum atomic E-state index is -0.461. The summed E-state index contributed by atoms with van der Waals surface area (Å²) in [7, 11) is 0. The number of rotatable bonds is 12. The average Bonchev–Trinajstić information content (AvgIpc) is 4.08. The smallest absolute Gasteiger partial charge is 0.295 e. The highest BCUT2D eigenvalue weighted by atomic mass is 32.1. The summed E-state index contributed by atoms with van der Waals surface area (Å²) in [6.45, 7) is 9.56. The van der Waals surface area contributed by atoms with Crippen molar-refractivity contribution >= 4 is 56.1 Å². The Hall–Kier alpha value is -6.02. The van der Waals surface area contributed by atoms with Crippen LogP contribution < -0.4 is 10.6 Å². The molecule has 2 aliphatic rings. The normalized spacial score (nSPS) is 18.2. The van der Waals surface area contributed by atoms with Gasteiger partial charge in [-0.05, 0) is 83.7 Å². The van der Waals surface area contributed by atoms with Crippen LogP contribution in [0.25, 0.3) is 44.2 Å². The number of H-pyrrole nitrogens is 2. The lowest BCUT2D eigenvalue weighted by molar-refractivity contribution is -0.134. The fraction of sp³-hybridized carbons (Fsp3) is 0.364. The Kier molecular flexibility index (Phi) is 10.2. The third-order valence-corrected chi connectivity index (χ3v) is 12.3. The molecule has 7 aromatic rings. The molecule has 2 amide bonds. The summed E-state index contributed by atoms with van der Waals surface area (Å²) in [5.74, 6) is 1.87. The molecule has 3 aromatic carbocycles. The number of aromatic nitrogens is 6. The first-order valence-corrected chi connectivity index (χ1v) is 21.1. The maximum Gasteiger partial charge on any atom is 0.295 e. The molecular weight excluding hydrogens is 749 g/mol. The Morgan fingerprint density at radius 3 is 2.09 bits per heavy atom. The number of thiazole rings is 1. The van der Waals surface area contributed by atoms with Crippen molar-refractivity contribution < 1.29 is 14.0 Å². The zero-order valence-electron chi connectivity index (χ0n) is 33.1. The Balaban J connectivity index is 0.905. The molecule has 4 atom stereocenters. The molecule has 6 heterocycles. The van der Waals surface area contributed by atoms with Crippen molar-refractivity contribution in [1.29, 1.82) is 0 Å². The summed E-state index contributed by atoms with van der Waals surface area (Å²) in [4.78, 5) is 57.1. The molecule has 298 valence electrons.